The standard InChI is InChI=1S/C25H24N4O3/c26-16-19-7-2-4-11-22(19)28-25(31)24(30)27-17-23(29-12-14-32-15-13-29)21-10-5-8-18-6-1-3-9-20(18)21/h1-11,23H,12-15,17H2,(H,27,30)(H,28,31)/t23-/m0/s1. The monoisotopic (exact) mass is 428 g/mol. The molecule has 4 rings (SSSR count). The predicted molar refractivity (Wildman–Crippen MR) is 122 cm³/mol. The molecule has 0 radical (unpaired) electrons. The molecule has 7 nitrogen and oxygen atoms in total. The second kappa shape index (κ2) is 10.1. The van der Waals surface area contributed by atoms with E-state index in [9.17, 15) is 14.9 Å². The number of amides is 2. The van der Waals surface area contributed by atoms with E-state index < -0.39 is 11.8 Å². The van der Waals surface area contributed by atoms with Crippen molar-refractivity contribution in [2.75, 3.05) is 38.2 Å². The highest BCUT2D eigenvalue weighted by Crippen LogP contribution is 2.28. The Morgan fingerprint density at radius 3 is 2.50 bits per heavy atom. The Morgan fingerprint density at radius 2 is 1.69 bits per heavy atom. The Kier molecular flexibility index (Phi) is 6.75. The average Bonchev–Trinajstić information content (AvgIpc) is 2.85. The number of fused-ring (bicyclic) bond motifs is 1. The molecule has 32 heavy (non-hydrogen) atoms. The Labute approximate surface area is 186 Å². The molecule has 3 aromatic rings. The van der Waals surface area contributed by atoms with Gasteiger partial charge in [-0.1, -0.05) is 54.6 Å². The molecule has 7 heteroatoms. The lowest BCUT2D eigenvalue weighted by molar-refractivity contribution is -0.136. The lowest BCUT2D eigenvalue weighted by Gasteiger charge is -2.35. The summed E-state index contributed by atoms with van der Waals surface area (Å²) in [6, 6.07) is 22.8. The third-order valence-electron chi connectivity index (χ3n) is 5.63. The SMILES string of the molecule is N#Cc1ccccc1NC(=O)C(=O)NC[C@@H](c1cccc2ccccc12)N1CCOCC1. The Morgan fingerprint density at radius 1 is 0.969 bits per heavy atom. The predicted octanol–water partition coefficient (Wildman–Crippen LogP) is 2.84. The van der Waals surface area contributed by atoms with Gasteiger partial charge in [-0.05, 0) is 28.5 Å². The van der Waals surface area contributed by atoms with Crippen molar-refractivity contribution in [3.05, 3.63) is 77.9 Å². The zero-order valence-corrected chi connectivity index (χ0v) is 17.6. The molecule has 1 atom stereocenters. The van der Waals surface area contributed by atoms with Gasteiger partial charge in [0.25, 0.3) is 0 Å². The molecule has 0 aromatic heterocycles. The van der Waals surface area contributed by atoms with Crippen LogP contribution in [0, 0.1) is 11.3 Å². The number of nitrogens with zero attached hydrogens (tertiary/aromatic N) is 2. The molecule has 3 aromatic carbocycles. The minimum absolute atomic E-state index is 0.104. The van der Waals surface area contributed by atoms with Crippen molar-refractivity contribution in [3.8, 4) is 6.07 Å². The van der Waals surface area contributed by atoms with E-state index in [1.807, 2.05) is 24.3 Å². The van der Waals surface area contributed by atoms with Gasteiger partial charge in [0.15, 0.2) is 0 Å². The average molecular weight is 428 g/mol. The fourth-order valence-electron chi connectivity index (χ4n) is 4.00. The number of carbonyl (C=O) groups is 2. The molecule has 1 aliphatic heterocycles. The van der Waals surface area contributed by atoms with Crippen LogP contribution < -0.4 is 10.6 Å². The normalized spacial score (nSPS) is 15.0. The number of ether oxygens (including phenoxy) is 1. The summed E-state index contributed by atoms with van der Waals surface area (Å²) in [5, 5.41) is 16.7. The van der Waals surface area contributed by atoms with E-state index in [1.165, 1.54) is 0 Å². The molecular formula is C25H24N4O3. The van der Waals surface area contributed by atoms with Crippen LogP contribution in [0.3, 0.4) is 0 Å². The van der Waals surface area contributed by atoms with Crippen LogP contribution >= 0.6 is 0 Å². The Hall–Kier alpha value is -3.73. The summed E-state index contributed by atoms with van der Waals surface area (Å²) < 4.78 is 5.51. The van der Waals surface area contributed by atoms with E-state index in [0.29, 0.717) is 24.5 Å². The summed E-state index contributed by atoms with van der Waals surface area (Å²) in [6.07, 6.45) is 0. The number of para-hydroxylation sites is 1. The van der Waals surface area contributed by atoms with Crippen LogP contribution in [0.4, 0.5) is 5.69 Å². The van der Waals surface area contributed by atoms with Crippen LogP contribution in [-0.4, -0.2) is 49.6 Å². The van der Waals surface area contributed by atoms with Crippen molar-refractivity contribution >= 4 is 28.3 Å². The lowest BCUT2D eigenvalue weighted by atomic mass is 9.97. The quantitative estimate of drug-likeness (QED) is 0.610. The highest BCUT2D eigenvalue weighted by Gasteiger charge is 2.26. The van der Waals surface area contributed by atoms with E-state index in [0.717, 1.165) is 29.4 Å². The van der Waals surface area contributed by atoms with Crippen molar-refractivity contribution < 1.29 is 14.3 Å². The van der Waals surface area contributed by atoms with Gasteiger partial charge in [-0.2, -0.15) is 5.26 Å². The highest BCUT2D eigenvalue weighted by molar-refractivity contribution is 6.39. The summed E-state index contributed by atoms with van der Waals surface area (Å²) >= 11 is 0. The molecule has 0 unspecified atom stereocenters. The maximum absolute atomic E-state index is 12.6. The number of rotatable bonds is 5. The van der Waals surface area contributed by atoms with Gasteiger partial charge in [0.05, 0.1) is 30.5 Å². The first-order valence-electron chi connectivity index (χ1n) is 10.5. The van der Waals surface area contributed by atoms with E-state index in [4.69, 9.17) is 4.74 Å². The van der Waals surface area contributed by atoms with E-state index in [-0.39, 0.29) is 12.6 Å². The van der Waals surface area contributed by atoms with Crippen LogP contribution in [0.25, 0.3) is 10.8 Å². The molecule has 0 bridgehead atoms. The highest BCUT2D eigenvalue weighted by atomic mass is 16.5. The van der Waals surface area contributed by atoms with Gasteiger partial charge >= 0.3 is 11.8 Å². The van der Waals surface area contributed by atoms with Crippen LogP contribution in [0.5, 0.6) is 0 Å². The summed E-state index contributed by atoms with van der Waals surface area (Å²) in [5.41, 5.74) is 1.71. The van der Waals surface area contributed by atoms with Crippen molar-refractivity contribution in [1.29, 1.82) is 5.26 Å². The second-order valence-electron chi connectivity index (χ2n) is 7.55. The number of benzene rings is 3. The molecular weight excluding hydrogens is 404 g/mol. The van der Waals surface area contributed by atoms with Crippen molar-refractivity contribution in [2.45, 2.75) is 6.04 Å². The fraction of sp³-hybridized carbons (Fsp3) is 0.240. The molecule has 2 N–H and O–H groups in total. The Balaban J connectivity index is 1.52. The smallest absolute Gasteiger partial charge is 0.313 e. The summed E-state index contributed by atoms with van der Waals surface area (Å²) in [5.74, 6) is -1.54. The molecule has 162 valence electrons. The third kappa shape index (κ3) is 4.78. The van der Waals surface area contributed by atoms with Crippen LogP contribution in [0.1, 0.15) is 17.2 Å². The maximum Gasteiger partial charge on any atom is 0.313 e. The fourth-order valence-corrected chi connectivity index (χ4v) is 4.00. The van der Waals surface area contributed by atoms with Gasteiger partial charge < -0.3 is 15.4 Å². The number of hydrogen-bond donors (Lipinski definition) is 2. The van der Waals surface area contributed by atoms with E-state index in [1.54, 1.807) is 24.3 Å². The molecule has 0 aliphatic carbocycles. The van der Waals surface area contributed by atoms with Crippen molar-refractivity contribution in [1.82, 2.24) is 10.2 Å². The van der Waals surface area contributed by atoms with Gasteiger partial charge in [-0.3, -0.25) is 14.5 Å². The molecule has 1 fully saturated rings. The zero-order chi connectivity index (χ0) is 22.3. The first-order chi connectivity index (χ1) is 15.7. The Bertz CT molecular complexity index is 1160. The van der Waals surface area contributed by atoms with Crippen molar-refractivity contribution in [3.63, 3.8) is 0 Å². The second-order valence-corrected chi connectivity index (χ2v) is 7.55. The number of anilines is 1. The molecule has 2 amide bonds. The molecule has 1 heterocycles. The van der Waals surface area contributed by atoms with Crippen LogP contribution in [0.15, 0.2) is 66.7 Å². The van der Waals surface area contributed by atoms with E-state index in [2.05, 4.69) is 39.8 Å². The third-order valence-corrected chi connectivity index (χ3v) is 5.63. The van der Waals surface area contributed by atoms with Crippen LogP contribution in [-0.2, 0) is 14.3 Å². The van der Waals surface area contributed by atoms with Gasteiger partial charge in [-0.25, -0.2) is 0 Å². The minimum atomic E-state index is -0.800. The molecule has 0 spiro atoms. The first kappa shape index (κ1) is 21.5. The number of carbonyl (C=O) groups excluding carboxylic acids is 2. The molecule has 0 saturated carbocycles. The number of hydrogen-bond acceptors (Lipinski definition) is 5. The van der Waals surface area contributed by atoms with E-state index >= 15 is 0 Å². The number of nitriles is 1. The number of morpholine rings is 1. The zero-order valence-electron chi connectivity index (χ0n) is 17.6. The lowest BCUT2D eigenvalue weighted by Crippen LogP contribution is -2.45. The largest absolute Gasteiger partial charge is 0.379 e. The van der Waals surface area contributed by atoms with Gasteiger partial charge in [0, 0.05) is 19.6 Å². The maximum atomic E-state index is 12.6. The van der Waals surface area contributed by atoms with Gasteiger partial charge in [0.2, 0.25) is 0 Å². The summed E-state index contributed by atoms with van der Waals surface area (Å²) in [7, 11) is 0. The number of nitrogens with one attached hydrogen (secondary N) is 2. The van der Waals surface area contributed by atoms with Crippen LogP contribution in [0.2, 0.25) is 0 Å². The molecule has 1 aliphatic rings. The summed E-state index contributed by atoms with van der Waals surface area (Å²) in [4.78, 5) is 27.3. The topological polar surface area (TPSA) is 94.5 Å². The minimum Gasteiger partial charge on any atom is -0.379 e. The first-order valence-corrected chi connectivity index (χ1v) is 10.5. The molecule has 1 saturated heterocycles. The van der Waals surface area contributed by atoms with Crippen molar-refractivity contribution in [2.24, 2.45) is 0 Å². The van der Waals surface area contributed by atoms with Gasteiger partial charge in [0.1, 0.15) is 6.07 Å². The summed E-state index contributed by atoms with van der Waals surface area (Å²) in [6.45, 7) is 3.01. The van der Waals surface area contributed by atoms with Gasteiger partial charge in [-0.15, -0.1) is 0 Å².